The van der Waals surface area contributed by atoms with Crippen LogP contribution in [-0.4, -0.2) is 18.9 Å². The molecule has 4 nitrogen and oxygen atoms in total. The van der Waals surface area contributed by atoms with Gasteiger partial charge >= 0.3 is 6.09 Å². The Balaban J connectivity index is 1.61. The third-order valence-electron chi connectivity index (χ3n) is 2.84. The van der Waals surface area contributed by atoms with E-state index in [1.54, 1.807) is 6.07 Å². The summed E-state index contributed by atoms with van der Waals surface area (Å²) in [6, 6.07) is 13.2. The fourth-order valence-electron chi connectivity index (χ4n) is 1.75. The lowest BCUT2D eigenvalue weighted by Crippen LogP contribution is -2.24. The Bertz CT molecular complexity index is 634. The molecule has 0 radical (unpaired) electrons. The lowest BCUT2D eigenvalue weighted by atomic mass is 10.2. The van der Waals surface area contributed by atoms with Crippen LogP contribution in [0.1, 0.15) is 26.5 Å². The van der Waals surface area contributed by atoms with E-state index in [9.17, 15) is 9.59 Å². The Morgan fingerprint density at radius 2 is 1.91 bits per heavy atom. The lowest BCUT2D eigenvalue weighted by molar-refractivity contribution is 0.112. The van der Waals surface area contributed by atoms with Crippen LogP contribution >= 0.6 is 11.3 Å². The number of amides is 1. The molecule has 1 N–H and O–H groups in total. The van der Waals surface area contributed by atoms with E-state index in [4.69, 9.17) is 4.74 Å². The third kappa shape index (κ3) is 5.54. The molecule has 0 fully saturated rings. The number of aldehydes is 1. The van der Waals surface area contributed by atoms with Crippen molar-refractivity contribution in [2.75, 3.05) is 6.54 Å². The van der Waals surface area contributed by atoms with Gasteiger partial charge in [0.05, 0.1) is 4.88 Å². The van der Waals surface area contributed by atoms with Crippen molar-refractivity contribution in [2.24, 2.45) is 0 Å². The Hall–Kier alpha value is -2.40. The first-order chi connectivity index (χ1) is 10.8. The number of hydrogen-bond donors (Lipinski definition) is 1. The maximum Gasteiger partial charge on any atom is 0.407 e. The van der Waals surface area contributed by atoms with Crippen LogP contribution in [0.5, 0.6) is 0 Å². The van der Waals surface area contributed by atoms with E-state index >= 15 is 0 Å². The number of rotatable bonds is 7. The van der Waals surface area contributed by atoms with Crippen LogP contribution in [0.25, 0.3) is 6.08 Å². The number of ether oxygens (including phenoxy) is 1. The van der Waals surface area contributed by atoms with Gasteiger partial charge in [-0.05, 0) is 30.2 Å². The van der Waals surface area contributed by atoms with Crippen molar-refractivity contribution in [1.29, 1.82) is 0 Å². The molecule has 1 aromatic carbocycles. The first-order valence-corrected chi connectivity index (χ1v) is 7.75. The topological polar surface area (TPSA) is 55.4 Å². The van der Waals surface area contributed by atoms with Crippen molar-refractivity contribution < 1.29 is 14.3 Å². The van der Waals surface area contributed by atoms with Gasteiger partial charge in [-0.1, -0.05) is 36.4 Å². The molecule has 0 saturated heterocycles. The minimum atomic E-state index is -0.420. The molecule has 0 saturated carbocycles. The molecular formula is C17H17NO3S. The highest BCUT2D eigenvalue weighted by molar-refractivity contribution is 7.14. The van der Waals surface area contributed by atoms with Crippen molar-refractivity contribution in [3.05, 3.63) is 63.9 Å². The SMILES string of the molecule is O=Cc1ccc(C=CCCNC(=O)OCc2ccccc2)s1. The largest absolute Gasteiger partial charge is 0.445 e. The second kappa shape index (κ2) is 8.79. The van der Waals surface area contributed by atoms with Crippen molar-refractivity contribution in [2.45, 2.75) is 13.0 Å². The van der Waals surface area contributed by atoms with Gasteiger partial charge in [-0.3, -0.25) is 4.79 Å². The van der Waals surface area contributed by atoms with Crippen molar-refractivity contribution in [3.8, 4) is 0 Å². The van der Waals surface area contributed by atoms with Crippen LogP contribution < -0.4 is 5.32 Å². The summed E-state index contributed by atoms with van der Waals surface area (Å²) in [5.41, 5.74) is 0.959. The quantitative estimate of drug-likeness (QED) is 0.623. The van der Waals surface area contributed by atoms with Gasteiger partial charge in [0.1, 0.15) is 6.61 Å². The molecule has 0 aliphatic heterocycles. The zero-order valence-corrected chi connectivity index (χ0v) is 12.8. The van der Waals surface area contributed by atoms with E-state index < -0.39 is 6.09 Å². The molecule has 0 unspecified atom stereocenters. The Morgan fingerprint density at radius 1 is 1.14 bits per heavy atom. The molecular weight excluding hydrogens is 298 g/mol. The molecule has 0 bridgehead atoms. The van der Waals surface area contributed by atoms with Crippen LogP contribution in [0, 0.1) is 0 Å². The number of alkyl carbamates (subject to hydrolysis) is 1. The summed E-state index contributed by atoms with van der Waals surface area (Å²) in [5.74, 6) is 0. The van der Waals surface area contributed by atoms with Crippen LogP contribution in [0.4, 0.5) is 4.79 Å². The van der Waals surface area contributed by atoms with Crippen LogP contribution in [0.15, 0.2) is 48.5 Å². The van der Waals surface area contributed by atoms with E-state index in [-0.39, 0.29) is 6.61 Å². The first kappa shape index (κ1) is 16.0. The molecule has 0 aliphatic carbocycles. The van der Waals surface area contributed by atoms with Crippen molar-refractivity contribution >= 4 is 29.8 Å². The fourth-order valence-corrected chi connectivity index (χ4v) is 2.51. The predicted molar refractivity (Wildman–Crippen MR) is 88.0 cm³/mol. The van der Waals surface area contributed by atoms with Crippen LogP contribution in [0.3, 0.4) is 0 Å². The fraction of sp³-hybridized carbons (Fsp3) is 0.176. The highest BCUT2D eigenvalue weighted by Gasteiger charge is 2.00. The van der Waals surface area contributed by atoms with Gasteiger partial charge in [0.15, 0.2) is 6.29 Å². The average Bonchev–Trinajstić information content (AvgIpc) is 3.01. The van der Waals surface area contributed by atoms with E-state index in [0.717, 1.165) is 16.7 Å². The number of benzene rings is 1. The molecule has 5 heteroatoms. The zero-order chi connectivity index (χ0) is 15.6. The summed E-state index contributed by atoms with van der Waals surface area (Å²) in [7, 11) is 0. The minimum Gasteiger partial charge on any atom is -0.445 e. The first-order valence-electron chi connectivity index (χ1n) is 6.94. The van der Waals surface area contributed by atoms with Gasteiger partial charge in [0, 0.05) is 11.4 Å². The number of hydrogen-bond acceptors (Lipinski definition) is 4. The van der Waals surface area contributed by atoms with Crippen LogP contribution in [-0.2, 0) is 11.3 Å². The number of carbonyl (C=O) groups is 2. The van der Waals surface area contributed by atoms with Crippen LogP contribution in [0.2, 0.25) is 0 Å². The van der Waals surface area contributed by atoms with Gasteiger partial charge in [0.25, 0.3) is 0 Å². The zero-order valence-electron chi connectivity index (χ0n) is 12.0. The molecule has 0 aliphatic rings. The molecule has 114 valence electrons. The third-order valence-corrected chi connectivity index (χ3v) is 3.81. The van der Waals surface area contributed by atoms with Gasteiger partial charge in [0.2, 0.25) is 0 Å². The molecule has 2 aromatic rings. The second-order valence-corrected chi connectivity index (χ2v) is 5.68. The molecule has 2 rings (SSSR count). The summed E-state index contributed by atoms with van der Waals surface area (Å²) >= 11 is 1.44. The number of nitrogens with one attached hydrogen (secondary N) is 1. The molecule has 22 heavy (non-hydrogen) atoms. The standard InChI is InChI=1S/C17H17NO3S/c19-12-16-10-9-15(22-16)8-4-5-11-18-17(20)21-13-14-6-2-1-3-7-14/h1-4,6-10,12H,5,11,13H2,(H,18,20). The van der Waals surface area contributed by atoms with Crippen molar-refractivity contribution in [1.82, 2.24) is 5.32 Å². The summed E-state index contributed by atoms with van der Waals surface area (Å²) in [6.45, 7) is 0.780. The molecule has 1 aromatic heterocycles. The highest BCUT2D eigenvalue weighted by atomic mass is 32.1. The molecule has 1 amide bonds. The van der Waals surface area contributed by atoms with E-state index in [1.165, 1.54) is 11.3 Å². The van der Waals surface area contributed by atoms with Gasteiger partial charge in [-0.15, -0.1) is 11.3 Å². The monoisotopic (exact) mass is 315 g/mol. The summed E-state index contributed by atoms with van der Waals surface area (Å²) < 4.78 is 5.10. The summed E-state index contributed by atoms with van der Waals surface area (Å²) in [4.78, 5) is 23.8. The van der Waals surface area contributed by atoms with Gasteiger partial charge in [-0.2, -0.15) is 0 Å². The van der Waals surface area contributed by atoms with Gasteiger partial charge in [-0.25, -0.2) is 4.79 Å². The molecule has 0 spiro atoms. The maximum atomic E-state index is 11.5. The maximum absolute atomic E-state index is 11.5. The number of carbonyl (C=O) groups excluding carboxylic acids is 2. The number of thiophene rings is 1. The lowest BCUT2D eigenvalue weighted by Gasteiger charge is -2.05. The molecule has 1 heterocycles. The smallest absolute Gasteiger partial charge is 0.407 e. The average molecular weight is 315 g/mol. The van der Waals surface area contributed by atoms with E-state index in [0.29, 0.717) is 17.8 Å². The van der Waals surface area contributed by atoms with E-state index in [1.807, 2.05) is 48.6 Å². The highest BCUT2D eigenvalue weighted by Crippen LogP contribution is 2.15. The summed E-state index contributed by atoms with van der Waals surface area (Å²) in [6.07, 6.45) is 5.02. The normalized spacial score (nSPS) is 10.5. The van der Waals surface area contributed by atoms with Crippen molar-refractivity contribution in [3.63, 3.8) is 0 Å². The molecule has 0 atom stereocenters. The van der Waals surface area contributed by atoms with Gasteiger partial charge < -0.3 is 10.1 Å². The second-order valence-electron chi connectivity index (χ2n) is 4.54. The Labute approximate surface area is 133 Å². The predicted octanol–water partition coefficient (Wildman–Crippen LogP) is 3.89. The Kier molecular flexibility index (Phi) is 6.39. The summed E-state index contributed by atoms with van der Waals surface area (Å²) in [5, 5.41) is 2.69. The van der Waals surface area contributed by atoms with E-state index in [2.05, 4.69) is 5.32 Å². The minimum absolute atomic E-state index is 0.270. The Morgan fingerprint density at radius 3 is 2.64 bits per heavy atom.